The number of nitrogens with zero attached hydrogens (tertiary/aromatic N) is 3. The zero-order valence-electron chi connectivity index (χ0n) is 11.0. The second-order valence-corrected chi connectivity index (χ2v) is 5.37. The van der Waals surface area contributed by atoms with E-state index < -0.39 is 0 Å². The Morgan fingerprint density at radius 1 is 1.11 bits per heavy atom. The molecular formula is C14H18BrN3. The molecule has 0 aliphatic carbocycles. The van der Waals surface area contributed by atoms with Crippen molar-refractivity contribution < 1.29 is 0 Å². The van der Waals surface area contributed by atoms with Crippen molar-refractivity contribution in [1.82, 2.24) is 14.8 Å². The van der Waals surface area contributed by atoms with Crippen molar-refractivity contribution in [2.24, 2.45) is 5.92 Å². The van der Waals surface area contributed by atoms with Crippen LogP contribution in [0.2, 0.25) is 0 Å². The van der Waals surface area contributed by atoms with Gasteiger partial charge in [-0.3, -0.25) is 4.57 Å². The summed E-state index contributed by atoms with van der Waals surface area (Å²) in [6.45, 7) is 6.62. The summed E-state index contributed by atoms with van der Waals surface area (Å²) >= 11 is 3.48. The number of hydrogen-bond acceptors (Lipinski definition) is 2. The van der Waals surface area contributed by atoms with E-state index in [4.69, 9.17) is 0 Å². The van der Waals surface area contributed by atoms with Gasteiger partial charge in [0.15, 0.2) is 0 Å². The Balaban J connectivity index is 2.53. The monoisotopic (exact) mass is 307 g/mol. The van der Waals surface area contributed by atoms with Crippen LogP contribution < -0.4 is 0 Å². The first-order valence-corrected chi connectivity index (χ1v) is 7.33. The van der Waals surface area contributed by atoms with Crippen LogP contribution in [0.5, 0.6) is 0 Å². The third-order valence-corrected chi connectivity index (χ3v) is 3.80. The van der Waals surface area contributed by atoms with Gasteiger partial charge in [0.1, 0.15) is 11.6 Å². The maximum atomic E-state index is 4.37. The fourth-order valence-corrected chi connectivity index (χ4v) is 2.23. The molecule has 4 heteroatoms. The van der Waals surface area contributed by atoms with Crippen LogP contribution in [0.4, 0.5) is 0 Å². The van der Waals surface area contributed by atoms with Crippen LogP contribution in [0.25, 0.3) is 5.69 Å². The maximum Gasteiger partial charge on any atom is 0.148 e. The van der Waals surface area contributed by atoms with Crippen LogP contribution in [0, 0.1) is 5.92 Å². The van der Waals surface area contributed by atoms with Gasteiger partial charge in [-0.1, -0.05) is 54.9 Å². The van der Waals surface area contributed by atoms with E-state index in [9.17, 15) is 0 Å². The van der Waals surface area contributed by atoms with Crippen molar-refractivity contribution in [3.05, 3.63) is 42.0 Å². The van der Waals surface area contributed by atoms with Crippen LogP contribution in [0.15, 0.2) is 30.3 Å². The molecule has 0 N–H and O–H groups in total. The fraction of sp³-hybridized carbons (Fsp3) is 0.429. The van der Waals surface area contributed by atoms with E-state index in [1.807, 2.05) is 18.2 Å². The minimum Gasteiger partial charge on any atom is -0.282 e. The maximum absolute atomic E-state index is 4.37. The van der Waals surface area contributed by atoms with E-state index >= 15 is 0 Å². The Morgan fingerprint density at radius 3 is 2.33 bits per heavy atom. The lowest BCUT2D eigenvalue weighted by Gasteiger charge is -2.17. The first-order chi connectivity index (χ1) is 8.65. The Hall–Kier alpha value is -1.16. The summed E-state index contributed by atoms with van der Waals surface area (Å²) in [5, 5.41) is 9.36. The van der Waals surface area contributed by atoms with Gasteiger partial charge >= 0.3 is 0 Å². The Morgan fingerprint density at radius 2 is 1.78 bits per heavy atom. The molecular weight excluding hydrogens is 290 g/mol. The summed E-state index contributed by atoms with van der Waals surface area (Å²) in [6, 6.07) is 10.3. The van der Waals surface area contributed by atoms with E-state index in [1.165, 1.54) is 0 Å². The molecule has 1 heterocycles. The molecule has 0 saturated heterocycles. The fourth-order valence-electron chi connectivity index (χ4n) is 1.87. The Kier molecular flexibility index (Phi) is 4.17. The standard InChI is InChI=1S/C14H18BrN3/c1-10(2)11(3)14-17-16-13(9-15)18(14)12-7-5-4-6-8-12/h4-8,10-11H,9H2,1-3H3. The molecule has 2 rings (SSSR count). The van der Waals surface area contributed by atoms with Gasteiger partial charge in [0, 0.05) is 11.6 Å². The highest BCUT2D eigenvalue weighted by atomic mass is 79.9. The number of aromatic nitrogens is 3. The van der Waals surface area contributed by atoms with Crippen molar-refractivity contribution in [2.75, 3.05) is 0 Å². The lowest BCUT2D eigenvalue weighted by Crippen LogP contribution is -2.11. The molecule has 1 unspecified atom stereocenters. The summed E-state index contributed by atoms with van der Waals surface area (Å²) in [5.74, 6) is 2.90. The third-order valence-electron chi connectivity index (χ3n) is 3.30. The zero-order chi connectivity index (χ0) is 13.1. The van der Waals surface area contributed by atoms with Gasteiger partial charge in [-0.25, -0.2) is 0 Å². The summed E-state index contributed by atoms with van der Waals surface area (Å²) in [4.78, 5) is 0. The molecule has 0 saturated carbocycles. The van der Waals surface area contributed by atoms with Crippen molar-refractivity contribution in [2.45, 2.75) is 32.0 Å². The molecule has 2 aromatic rings. The minimum absolute atomic E-state index is 0.380. The van der Waals surface area contributed by atoms with Crippen LogP contribution in [0.1, 0.15) is 38.3 Å². The predicted molar refractivity (Wildman–Crippen MR) is 77.2 cm³/mol. The van der Waals surface area contributed by atoms with E-state index in [2.05, 4.69) is 63.6 Å². The van der Waals surface area contributed by atoms with Gasteiger partial charge in [0.25, 0.3) is 0 Å². The van der Waals surface area contributed by atoms with Crippen molar-refractivity contribution in [3.8, 4) is 5.69 Å². The largest absolute Gasteiger partial charge is 0.282 e. The van der Waals surface area contributed by atoms with E-state index in [-0.39, 0.29) is 0 Å². The van der Waals surface area contributed by atoms with E-state index in [0.29, 0.717) is 17.2 Å². The van der Waals surface area contributed by atoms with Gasteiger partial charge in [-0.2, -0.15) is 0 Å². The second kappa shape index (κ2) is 5.65. The lowest BCUT2D eigenvalue weighted by atomic mass is 9.97. The number of rotatable bonds is 4. The highest BCUT2D eigenvalue weighted by Gasteiger charge is 2.20. The molecule has 0 bridgehead atoms. The number of halogens is 1. The van der Waals surface area contributed by atoms with Gasteiger partial charge in [-0.05, 0) is 18.1 Å². The number of para-hydroxylation sites is 1. The molecule has 0 aliphatic rings. The van der Waals surface area contributed by atoms with Crippen molar-refractivity contribution >= 4 is 15.9 Å². The molecule has 1 aromatic heterocycles. The minimum atomic E-state index is 0.380. The number of alkyl halides is 1. The average molecular weight is 308 g/mol. The van der Waals surface area contributed by atoms with Gasteiger partial charge in [0.2, 0.25) is 0 Å². The SMILES string of the molecule is CC(C)C(C)c1nnc(CBr)n1-c1ccccc1. The van der Waals surface area contributed by atoms with Crippen LogP contribution >= 0.6 is 15.9 Å². The smallest absolute Gasteiger partial charge is 0.148 e. The van der Waals surface area contributed by atoms with Crippen LogP contribution in [-0.4, -0.2) is 14.8 Å². The Bertz CT molecular complexity index is 505. The number of benzene rings is 1. The van der Waals surface area contributed by atoms with E-state index in [1.54, 1.807) is 0 Å². The molecule has 0 fully saturated rings. The quantitative estimate of drug-likeness (QED) is 0.802. The van der Waals surface area contributed by atoms with E-state index in [0.717, 1.165) is 17.3 Å². The summed E-state index contributed by atoms with van der Waals surface area (Å²) in [6.07, 6.45) is 0. The molecule has 18 heavy (non-hydrogen) atoms. The molecule has 0 radical (unpaired) electrons. The second-order valence-electron chi connectivity index (χ2n) is 4.81. The first-order valence-electron chi connectivity index (χ1n) is 6.20. The molecule has 96 valence electrons. The Labute approximate surface area is 116 Å². The normalized spacial score (nSPS) is 12.9. The van der Waals surface area contributed by atoms with Gasteiger partial charge < -0.3 is 0 Å². The topological polar surface area (TPSA) is 30.7 Å². The molecule has 3 nitrogen and oxygen atoms in total. The molecule has 0 spiro atoms. The van der Waals surface area contributed by atoms with Crippen LogP contribution in [-0.2, 0) is 5.33 Å². The zero-order valence-corrected chi connectivity index (χ0v) is 12.6. The molecule has 1 aromatic carbocycles. The number of hydrogen-bond donors (Lipinski definition) is 0. The van der Waals surface area contributed by atoms with Crippen LogP contribution in [0.3, 0.4) is 0 Å². The highest BCUT2D eigenvalue weighted by Crippen LogP contribution is 2.26. The van der Waals surface area contributed by atoms with Gasteiger partial charge in [-0.15, -0.1) is 10.2 Å². The summed E-state index contributed by atoms with van der Waals surface area (Å²) < 4.78 is 2.15. The summed E-state index contributed by atoms with van der Waals surface area (Å²) in [5.41, 5.74) is 1.12. The van der Waals surface area contributed by atoms with Crippen molar-refractivity contribution in [1.29, 1.82) is 0 Å². The molecule has 0 aliphatic heterocycles. The molecule has 0 amide bonds. The average Bonchev–Trinajstić information content (AvgIpc) is 2.82. The molecule has 1 atom stereocenters. The predicted octanol–water partition coefficient (Wildman–Crippen LogP) is 3.92. The van der Waals surface area contributed by atoms with Gasteiger partial charge in [0.05, 0.1) is 5.33 Å². The third kappa shape index (κ3) is 2.48. The highest BCUT2D eigenvalue weighted by molar-refractivity contribution is 9.08. The lowest BCUT2D eigenvalue weighted by molar-refractivity contribution is 0.502. The van der Waals surface area contributed by atoms with Crippen molar-refractivity contribution in [3.63, 3.8) is 0 Å². The summed E-state index contributed by atoms with van der Waals surface area (Å²) in [7, 11) is 0. The first kappa shape index (κ1) is 13.3.